The van der Waals surface area contributed by atoms with Gasteiger partial charge in [0.15, 0.2) is 0 Å². The first-order chi connectivity index (χ1) is 6.75. The predicted molar refractivity (Wildman–Crippen MR) is 60.5 cm³/mol. The second-order valence-electron chi connectivity index (χ2n) is 5.21. The largest absolute Gasteiger partial charge is 0.309 e. The molecule has 0 amide bonds. The molecule has 1 aliphatic heterocycles. The lowest BCUT2D eigenvalue weighted by Crippen LogP contribution is -2.57. The highest BCUT2D eigenvalue weighted by Gasteiger charge is 2.27. The van der Waals surface area contributed by atoms with Gasteiger partial charge in [-0.1, -0.05) is 19.3 Å². The summed E-state index contributed by atoms with van der Waals surface area (Å²) < 4.78 is 0. The topological polar surface area (TPSA) is 15.3 Å². The summed E-state index contributed by atoms with van der Waals surface area (Å²) in [5.74, 6) is 0. The molecule has 0 aromatic rings. The van der Waals surface area contributed by atoms with Crippen LogP contribution in [0, 0.1) is 0 Å². The number of piperazine rings is 1. The van der Waals surface area contributed by atoms with E-state index in [2.05, 4.69) is 24.1 Å². The Morgan fingerprint density at radius 2 is 1.50 bits per heavy atom. The predicted octanol–water partition coefficient (Wildman–Crippen LogP) is 2.00. The van der Waals surface area contributed by atoms with Crippen molar-refractivity contribution in [1.82, 2.24) is 10.2 Å². The molecule has 1 aliphatic carbocycles. The van der Waals surface area contributed by atoms with Gasteiger partial charge < -0.3 is 5.32 Å². The average molecular weight is 196 g/mol. The second-order valence-corrected chi connectivity index (χ2v) is 5.21. The normalized spacial score (nSPS) is 37.3. The molecule has 1 N–H and O–H groups in total. The third-order valence-corrected chi connectivity index (χ3v) is 3.68. The molecule has 0 radical (unpaired) electrons. The molecular formula is C12H24N2. The monoisotopic (exact) mass is 196 g/mol. The standard InChI is InChI=1S/C12H24N2/c1-10-8-14(9-11(2)13-10)12-6-4-3-5-7-12/h10-13H,3-9H2,1-2H3/t10-,11+. The van der Waals surface area contributed by atoms with Crippen molar-refractivity contribution in [2.24, 2.45) is 0 Å². The number of hydrogen-bond donors (Lipinski definition) is 1. The van der Waals surface area contributed by atoms with Crippen LogP contribution in [-0.4, -0.2) is 36.1 Å². The van der Waals surface area contributed by atoms with Gasteiger partial charge in [0.05, 0.1) is 0 Å². The Morgan fingerprint density at radius 1 is 0.929 bits per heavy atom. The van der Waals surface area contributed by atoms with Crippen LogP contribution in [0.5, 0.6) is 0 Å². The maximum absolute atomic E-state index is 3.61. The van der Waals surface area contributed by atoms with E-state index in [-0.39, 0.29) is 0 Å². The van der Waals surface area contributed by atoms with Crippen molar-refractivity contribution in [3.63, 3.8) is 0 Å². The molecule has 0 spiro atoms. The van der Waals surface area contributed by atoms with Crippen molar-refractivity contribution in [3.05, 3.63) is 0 Å². The molecule has 2 atom stereocenters. The van der Waals surface area contributed by atoms with Gasteiger partial charge in [0.2, 0.25) is 0 Å². The van der Waals surface area contributed by atoms with Gasteiger partial charge in [-0.15, -0.1) is 0 Å². The molecule has 2 nitrogen and oxygen atoms in total. The first-order valence-corrected chi connectivity index (χ1v) is 6.26. The summed E-state index contributed by atoms with van der Waals surface area (Å²) in [6.07, 6.45) is 7.27. The van der Waals surface area contributed by atoms with Crippen LogP contribution in [0.4, 0.5) is 0 Å². The highest BCUT2D eigenvalue weighted by Crippen LogP contribution is 2.23. The van der Waals surface area contributed by atoms with E-state index in [0.29, 0.717) is 12.1 Å². The summed E-state index contributed by atoms with van der Waals surface area (Å²) in [6, 6.07) is 2.26. The smallest absolute Gasteiger partial charge is 0.0169 e. The van der Waals surface area contributed by atoms with E-state index in [0.717, 1.165) is 6.04 Å². The van der Waals surface area contributed by atoms with Crippen molar-refractivity contribution < 1.29 is 0 Å². The first-order valence-electron chi connectivity index (χ1n) is 6.26. The van der Waals surface area contributed by atoms with E-state index >= 15 is 0 Å². The molecule has 1 heterocycles. The summed E-state index contributed by atoms with van der Waals surface area (Å²) in [7, 11) is 0. The Hall–Kier alpha value is -0.0800. The minimum atomic E-state index is 0.681. The minimum absolute atomic E-state index is 0.681. The fourth-order valence-corrected chi connectivity index (χ4v) is 3.11. The Morgan fingerprint density at radius 3 is 2.07 bits per heavy atom. The SMILES string of the molecule is C[C@@H]1CN(C2CCCCC2)C[C@H](C)N1. The van der Waals surface area contributed by atoms with E-state index in [4.69, 9.17) is 0 Å². The molecule has 1 saturated carbocycles. The lowest BCUT2D eigenvalue weighted by molar-refractivity contribution is 0.0988. The summed E-state index contributed by atoms with van der Waals surface area (Å²) in [4.78, 5) is 2.73. The highest BCUT2D eigenvalue weighted by molar-refractivity contribution is 4.86. The maximum atomic E-state index is 3.61. The van der Waals surface area contributed by atoms with Gasteiger partial charge in [-0.2, -0.15) is 0 Å². The van der Waals surface area contributed by atoms with Crippen LogP contribution in [0.25, 0.3) is 0 Å². The van der Waals surface area contributed by atoms with Crippen LogP contribution >= 0.6 is 0 Å². The lowest BCUT2D eigenvalue weighted by Gasteiger charge is -2.42. The third-order valence-electron chi connectivity index (χ3n) is 3.68. The Labute approximate surface area is 88.1 Å². The zero-order valence-electron chi connectivity index (χ0n) is 9.63. The molecular weight excluding hydrogens is 172 g/mol. The Bertz CT molecular complexity index is 165. The first kappa shape index (κ1) is 10.4. The molecule has 0 bridgehead atoms. The van der Waals surface area contributed by atoms with Crippen molar-refractivity contribution >= 4 is 0 Å². The zero-order valence-corrected chi connectivity index (χ0v) is 9.63. The van der Waals surface area contributed by atoms with Crippen LogP contribution in [0.1, 0.15) is 46.0 Å². The summed E-state index contributed by atoms with van der Waals surface area (Å²) in [5, 5.41) is 3.61. The molecule has 2 fully saturated rings. The summed E-state index contributed by atoms with van der Waals surface area (Å²) in [6.45, 7) is 7.14. The van der Waals surface area contributed by atoms with Gasteiger partial charge in [0, 0.05) is 31.2 Å². The van der Waals surface area contributed by atoms with Gasteiger partial charge in [-0.3, -0.25) is 4.90 Å². The molecule has 0 aromatic carbocycles. The average Bonchev–Trinajstić information content (AvgIpc) is 2.18. The molecule has 2 aliphatic rings. The van der Waals surface area contributed by atoms with Crippen LogP contribution in [0.15, 0.2) is 0 Å². The molecule has 2 heteroatoms. The van der Waals surface area contributed by atoms with Crippen LogP contribution in [0.2, 0.25) is 0 Å². The van der Waals surface area contributed by atoms with Crippen molar-refractivity contribution in [2.75, 3.05) is 13.1 Å². The van der Waals surface area contributed by atoms with Crippen LogP contribution in [0.3, 0.4) is 0 Å². The van der Waals surface area contributed by atoms with E-state index < -0.39 is 0 Å². The van der Waals surface area contributed by atoms with E-state index in [9.17, 15) is 0 Å². The van der Waals surface area contributed by atoms with E-state index in [1.807, 2.05) is 0 Å². The summed E-state index contributed by atoms with van der Waals surface area (Å²) >= 11 is 0. The quantitative estimate of drug-likeness (QED) is 0.690. The van der Waals surface area contributed by atoms with Gasteiger partial charge in [0.1, 0.15) is 0 Å². The number of nitrogens with zero attached hydrogens (tertiary/aromatic N) is 1. The molecule has 0 unspecified atom stereocenters. The minimum Gasteiger partial charge on any atom is -0.309 e. The van der Waals surface area contributed by atoms with Gasteiger partial charge in [0.25, 0.3) is 0 Å². The molecule has 2 rings (SSSR count). The molecule has 1 saturated heterocycles. The maximum Gasteiger partial charge on any atom is 0.0169 e. The van der Waals surface area contributed by atoms with Gasteiger partial charge in [-0.25, -0.2) is 0 Å². The fraction of sp³-hybridized carbons (Fsp3) is 1.00. The van der Waals surface area contributed by atoms with E-state index in [1.54, 1.807) is 0 Å². The Balaban J connectivity index is 1.88. The van der Waals surface area contributed by atoms with E-state index in [1.165, 1.54) is 45.2 Å². The van der Waals surface area contributed by atoms with Crippen LogP contribution in [-0.2, 0) is 0 Å². The summed E-state index contributed by atoms with van der Waals surface area (Å²) in [5.41, 5.74) is 0. The third kappa shape index (κ3) is 2.48. The van der Waals surface area contributed by atoms with Crippen molar-refractivity contribution in [2.45, 2.75) is 64.1 Å². The lowest BCUT2D eigenvalue weighted by atomic mass is 9.93. The zero-order chi connectivity index (χ0) is 9.97. The van der Waals surface area contributed by atoms with Crippen molar-refractivity contribution in [3.8, 4) is 0 Å². The molecule has 14 heavy (non-hydrogen) atoms. The number of hydrogen-bond acceptors (Lipinski definition) is 2. The fourth-order valence-electron chi connectivity index (χ4n) is 3.11. The molecule has 0 aromatic heterocycles. The second kappa shape index (κ2) is 4.63. The van der Waals surface area contributed by atoms with Crippen molar-refractivity contribution in [1.29, 1.82) is 0 Å². The van der Waals surface area contributed by atoms with Gasteiger partial charge >= 0.3 is 0 Å². The number of rotatable bonds is 1. The van der Waals surface area contributed by atoms with Crippen LogP contribution < -0.4 is 5.32 Å². The molecule has 82 valence electrons. The van der Waals surface area contributed by atoms with Gasteiger partial charge in [-0.05, 0) is 26.7 Å². The highest BCUT2D eigenvalue weighted by atomic mass is 15.2. The number of nitrogens with one attached hydrogen (secondary N) is 1. The Kier molecular flexibility index (Phi) is 3.45.